The van der Waals surface area contributed by atoms with Crippen LogP contribution in [0.2, 0.25) is 0 Å². The van der Waals surface area contributed by atoms with Gasteiger partial charge in [0.1, 0.15) is 0 Å². The fourth-order valence-electron chi connectivity index (χ4n) is 3.71. The minimum atomic E-state index is -0.170. The highest BCUT2D eigenvalue weighted by atomic mass is 16.3. The molecule has 0 radical (unpaired) electrons. The van der Waals surface area contributed by atoms with Crippen LogP contribution in [0.15, 0.2) is 67.0 Å². The molecule has 1 aromatic carbocycles. The third-order valence-electron chi connectivity index (χ3n) is 5.09. The Morgan fingerprint density at radius 2 is 1.84 bits per heavy atom. The highest BCUT2D eigenvalue weighted by Crippen LogP contribution is 2.34. The molecular weight excluding hydrogens is 312 g/mol. The van der Waals surface area contributed by atoms with Gasteiger partial charge in [0.15, 0.2) is 5.82 Å². The van der Waals surface area contributed by atoms with E-state index in [-0.39, 0.29) is 12.0 Å². The Kier molecular flexibility index (Phi) is 4.34. The first kappa shape index (κ1) is 16.0. The minimum Gasteiger partial charge on any atom is -0.395 e. The van der Waals surface area contributed by atoms with Gasteiger partial charge in [0, 0.05) is 30.9 Å². The predicted octanol–water partition coefficient (Wildman–Crippen LogP) is 2.40. The third kappa shape index (κ3) is 3.08. The summed E-state index contributed by atoms with van der Waals surface area (Å²) >= 11 is 0. The van der Waals surface area contributed by atoms with Gasteiger partial charge in [-0.05, 0) is 36.7 Å². The molecule has 128 valence electrons. The van der Waals surface area contributed by atoms with E-state index in [2.05, 4.69) is 27.1 Å². The zero-order valence-electron chi connectivity index (χ0n) is 14.1. The maximum Gasteiger partial charge on any atom is 0.153 e. The van der Waals surface area contributed by atoms with Crippen LogP contribution in [0.25, 0.3) is 5.82 Å². The van der Waals surface area contributed by atoms with Crippen molar-refractivity contribution in [3.05, 3.63) is 78.2 Å². The minimum absolute atomic E-state index is 0.170. The summed E-state index contributed by atoms with van der Waals surface area (Å²) in [7, 11) is 0. The number of aromatic nitrogens is 3. The molecular formula is C20H22N4O. The van der Waals surface area contributed by atoms with Crippen LogP contribution in [-0.4, -0.2) is 44.5 Å². The van der Waals surface area contributed by atoms with Crippen LogP contribution in [0.5, 0.6) is 0 Å². The summed E-state index contributed by atoms with van der Waals surface area (Å²) in [5, 5.41) is 14.5. The predicted molar refractivity (Wildman–Crippen MR) is 96.5 cm³/mol. The standard InChI is InChI=1S/C20H22N4O/c25-16-20(17-6-2-1-3-7-17)10-13-23(15-20)14-18-9-12-22-24(18)19-8-4-5-11-21-19/h1-9,11-12,25H,10,13-16H2. The largest absolute Gasteiger partial charge is 0.395 e. The number of hydrogen-bond acceptors (Lipinski definition) is 4. The average Bonchev–Trinajstić information content (AvgIpc) is 3.31. The van der Waals surface area contributed by atoms with Crippen molar-refractivity contribution in [2.24, 2.45) is 0 Å². The van der Waals surface area contributed by atoms with Crippen LogP contribution in [0.4, 0.5) is 0 Å². The van der Waals surface area contributed by atoms with Crippen LogP contribution < -0.4 is 0 Å². The van der Waals surface area contributed by atoms with Crippen molar-refractivity contribution in [3.63, 3.8) is 0 Å². The number of aliphatic hydroxyl groups excluding tert-OH is 1. The number of aliphatic hydroxyl groups is 1. The molecule has 1 saturated heterocycles. The third-order valence-corrected chi connectivity index (χ3v) is 5.09. The van der Waals surface area contributed by atoms with E-state index in [0.29, 0.717) is 0 Å². The first-order valence-electron chi connectivity index (χ1n) is 8.64. The lowest BCUT2D eigenvalue weighted by Gasteiger charge is -2.28. The first-order valence-corrected chi connectivity index (χ1v) is 8.64. The number of benzene rings is 1. The van der Waals surface area contributed by atoms with Crippen molar-refractivity contribution in [2.45, 2.75) is 18.4 Å². The summed E-state index contributed by atoms with van der Waals surface area (Å²) in [6.45, 7) is 2.78. The second-order valence-electron chi connectivity index (χ2n) is 6.69. The number of nitrogens with zero attached hydrogens (tertiary/aromatic N) is 4. The molecule has 1 N–H and O–H groups in total. The quantitative estimate of drug-likeness (QED) is 0.778. The molecule has 0 bridgehead atoms. The molecule has 2 aromatic heterocycles. The summed E-state index contributed by atoms with van der Waals surface area (Å²) in [5.41, 5.74) is 2.16. The van der Waals surface area contributed by atoms with Crippen molar-refractivity contribution in [1.29, 1.82) is 0 Å². The van der Waals surface area contributed by atoms with E-state index in [1.54, 1.807) is 6.20 Å². The van der Waals surface area contributed by atoms with Crippen molar-refractivity contribution in [3.8, 4) is 5.82 Å². The molecule has 5 heteroatoms. The Bertz CT molecular complexity index is 818. The molecule has 25 heavy (non-hydrogen) atoms. The van der Waals surface area contributed by atoms with Crippen LogP contribution in [0, 0.1) is 0 Å². The van der Waals surface area contributed by atoms with E-state index < -0.39 is 0 Å². The van der Waals surface area contributed by atoms with Crippen LogP contribution >= 0.6 is 0 Å². The zero-order valence-corrected chi connectivity index (χ0v) is 14.1. The molecule has 0 aliphatic carbocycles. The Balaban J connectivity index is 1.53. The van der Waals surface area contributed by atoms with E-state index >= 15 is 0 Å². The van der Waals surface area contributed by atoms with Gasteiger partial charge in [-0.2, -0.15) is 5.10 Å². The smallest absolute Gasteiger partial charge is 0.153 e. The van der Waals surface area contributed by atoms with Gasteiger partial charge in [0.2, 0.25) is 0 Å². The SMILES string of the molecule is OCC1(c2ccccc2)CCN(Cc2ccnn2-c2ccccn2)C1. The lowest BCUT2D eigenvalue weighted by Crippen LogP contribution is -2.34. The second-order valence-corrected chi connectivity index (χ2v) is 6.69. The van der Waals surface area contributed by atoms with Gasteiger partial charge in [-0.15, -0.1) is 0 Å². The molecule has 0 saturated carbocycles. The highest BCUT2D eigenvalue weighted by molar-refractivity contribution is 5.28. The van der Waals surface area contributed by atoms with Crippen LogP contribution in [0.3, 0.4) is 0 Å². The van der Waals surface area contributed by atoms with Gasteiger partial charge in [-0.25, -0.2) is 9.67 Å². The molecule has 1 fully saturated rings. The van der Waals surface area contributed by atoms with Crippen molar-refractivity contribution in [2.75, 3.05) is 19.7 Å². The molecule has 5 nitrogen and oxygen atoms in total. The Labute approximate surface area is 147 Å². The molecule has 0 spiro atoms. The number of rotatable bonds is 5. The summed E-state index contributed by atoms with van der Waals surface area (Å²) in [5.74, 6) is 0.832. The number of hydrogen-bond donors (Lipinski definition) is 1. The Morgan fingerprint density at radius 3 is 2.60 bits per heavy atom. The van der Waals surface area contributed by atoms with Gasteiger partial charge >= 0.3 is 0 Å². The summed E-state index contributed by atoms with van der Waals surface area (Å²) in [6, 6.07) is 18.2. The van der Waals surface area contributed by atoms with Gasteiger partial charge in [-0.3, -0.25) is 4.90 Å². The highest BCUT2D eigenvalue weighted by Gasteiger charge is 2.39. The normalized spacial score (nSPS) is 20.8. The molecule has 4 rings (SSSR count). The number of likely N-dealkylation sites (tertiary alicyclic amines) is 1. The summed E-state index contributed by atoms with van der Waals surface area (Å²) < 4.78 is 1.89. The molecule has 1 unspecified atom stereocenters. The van der Waals surface area contributed by atoms with Crippen LogP contribution in [0.1, 0.15) is 17.7 Å². The van der Waals surface area contributed by atoms with E-state index in [1.165, 1.54) is 5.56 Å². The molecule has 0 amide bonds. The van der Waals surface area contributed by atoms with Gasteiger partial charge in [0.25, 0.3) is 0 Å². The molecule has 3 heterocycles. The maximum absolute atomic E-state index is 10.1. The monoisotopic (exact) mass is 334 g/mol. The molecule has 1 aliphatic heterocycles. The fourth-order valence-corrected chi connectivity index (χ4v) is 3.71. The zero-order chi connectivity index (χ0) is 17.1. The molecule has 1 aliphatic rings. The van der Waals surface area contributed by atoms with Crippen LogP contribution in [-0.2, 0) is 12.0 Å². The molecule has 3 aromatic rings. The van der Waals surface area contributed by atoms with E-state index in [0.717, 1.165) is 37.6 Å². The van der Waals surface area contributed by atoms with Gasteiger partial charge < -0.3 is 5.11 Å². The van der Waals surface area contributed by atoms with Crippen molar-refractivity contribution >= 4 is 0 Å². The second kappa shape index (κ2) is 6.78. The lowest BCUT2D eigenvalue weighted by atomic mass is 9.80. The first-order chi connectivity index (χ1) is 12.3. The van der Waals surface area contributed by atoms with Crippen molar-refractivity contribution < 1.29 is 5.11 Å². The van der Waals surface area contributed by atoms with E-state index in [9.17, 15) is 5.11 Å². The maximum atomic E-state index is 10.1. The Hall–Kier alpha value is -2.50. The van der Waals surface area contributed by atoms with Gasteiger partial charge in [-0.1, -0.05) is 36.4 Å². The topological polar surface area (TPSA) is 54.2 Å². The average molecular weight is 334 g/mol. The van der Waals surface area contributed by atoms with Gasteiger partial charge in [0.05, 0.1) is 12.3 Å². The van der Waals surface area contributed by atoms with E-state index in [1.807, 2.05) is 53.3 Å². The Morgan fingerprint density at radius 1 is 1.00 bits per heavy atom. The fraction of sp³-hybridized carbons (Fsp3) is 0.300. The van der Waals surface area contributed by atoms with E-state index in [4.69, 9.17) is 0 Å². The number of pyridine rings is 1. The van der Waals surface area contributed by atoms with Crippen molar-refractivity contribution in [1.82, 2.24) is 19.7 Å². The summed E-state index contributed by atoms with van der Waals surface area (Å²) in [6.07, 6.45) is 4.56. The summed E-state index contributed by atoms with van der Waals surface area (Å²) in [4.78, 5) is 6.78. The molecule has 1 atom stereocenters. The lowest BCUT2D eigenvalue weighted by molar-refractivity contribution is 0.187.